The van der Waals surface area contributed by atoms with Crippen LogP contribution in [-0.2, 0) is 6.54 Å². The van der Waals surface area contributed by atoms with Gasteiger partial charge in [0.15, 0.2) is 11.8 Å². The third-order valence-corrected chi connectivity index (χ3v) is 4.69. The first kappa shape index (κ1) is 22.3. The van der Waals surface area contributed by atoms with Gasteiger partial charge in [0.05, 0.1) is 12.6 Å². The monoisotopic (exact) mass is 420 g/mol. The van der Waals surface area contributed by atoms with Gasteiger partial charge in [-0.15, -0.1) is 10.2 Å². The van der Waals surface area contributed by atoms with E-state index in [0.29, 0.717) is 12.5 Å². The smallest absolute Gasteiger partial charge is 0.192 e. The summed E-state index contributed by atoms with van der Waals surface area (Å²) >= 11 is 0. The molecule has 2 N–H and O–H groups in total. The Kier molecular flexibility index (Phi) is 8.04. The molecule has 7 heteroatoms. The van der Waals surface area contributed by atoms with Gasteiger partial charge in [-0.25, -0.2) is 4.99 Å². The zero-order chi connectivity index (χ0) is 22.1. The average molecular weight is 421 g/mol. The molecule has 0 aliphatic carbocycles. The molecule has 3 rings (SSSR count). The van der Waals surface area contributed by atoms with Gasteiger partial charge in [0.1, 0.15) is 18.6 Å². The molecule has 1 unspecified atom stereocenters. The van der Waals surface area contributed by atoms with E-state index in [1.54, 1.807) is 6.33 Å². The average Bonchev–Trinajstić information content (AvgIpc) is 3.26. The van der Waals surface area contributed by atoms with Crippen LogP contribution in [0, 0.1) is 5.92 Å². The van der Waals surface area contributed by atoms with Crippen molar-refractivity contribution in [1.82, 2.24) is 25.4 Å². The first-order chi connectivity index (χ1) is 15.1. The number of nitrogens with one attached hydrogen (secondary N) is 2. The largest absolute Gasteiger partial charge is 0.493 e. The first-order valence-electron chi connectivity index (χ1n) is 10.8. The van der Waals surface area contributed by atoms with Gasteiger partial charge in [-0.3, -0.25) is 4.57 Å². The molecule has 1 aromatic heterocycles. The summed E-state index contributed by atoms with van der Waals surface area (Å²) < 4.78 is 7.73. The maximum Gasteiger partial charge on any atom is 0.192 e. The minimum atomic E-state index is 0.0870. The van der Waals surface area contributed by atoms with Crippen molar-refractivity contribution in [3.8, 4) is 11.4 Å². The Labute approximate surface area is 184 Å². The van der Waals surface area contributed by atoms with E-state index < -0.39 is 0 Å². The number of aliphatic imine (C=N–C) groups is 1. The lowest BCUT2D eigenvalue weighted by Crippen LogP contribution is -2.38. The first-order valence-corrected chi connectivity index (χ1v) is 10.8. The fourth-order valence-electron chi connectivity index (χ4n) is 3.04. The van der Waals surface area contributed by atoms with Crippen LogP contribution in [0.25, 0.3) is 5.69 Å². The minimum absolute atomic E-state index is 0.0870. The number of ether oxygens (including phenoxy) is 1. The number of guanidine groups is 1. The summed E-state index contributed by atoms with van der Waals surface area (Å²) in [5.74, 6) is 2.91. The highest BCUT2D eigenvalue weighted by Crippen LogP contribution is 2.18. The lowest BCUT2D eigenvalue weighted by molar-refractivity contribution is 0.271. The molecule has 2 aromatic carbocycles. The topological polar surface area (TPSA) is 76.4 Å². The molecule has 0 saturated heterocycles. The van der Waals surface area contributed by atoms with Crippen molar-refractivity contribution in [3.05, 3.63) is 72.3 Å². The second kappa shape index (κ2) is 11.2. The second-order valence-corrected chi connectivity index (χ2v) is 7.79. The third kappa shape index (κ3) is 6.57. The second-order valence-electron chi connectivity index (χ2n) is 7.79. The van der Waals surface area contributed by atoms with Gasteiger partial charge in [0.25, 0.3) is 0 Å². The van der Waals surface area contributed by atoms with E-state index in [1.165, 1.54) is 0 Å². The SMILES string of the molecule is CCNC(=NCc1nncn1-c1ccccc1)NC(C)c1ccc(OCC(C)C)cc1. The third-order valence-electron chi connectivity index (χ3n) is 4.69. The predicted molar refractivity (Wildman–Crippen MR) is 125 cm³/mol. The molecule has 0 aliphatic rings. The molecule has 0 spiro atoms. The highest BCUT2D eigenvalue weighted by atomic mass is 16.5. The number of hydrogen-bond acceptors (Lipinski definition) is 4. The van der Waals surface area contributed by atoms with Crippen molar-refractivity contribution in [2.45, 2.75) is 40.3 Å². The Morgan fingerprint density at radius 1 is 1.06 bits per heavy atom. The van der Waals surface area contributed by atoms with E-state index in [4.69, 9.17) is 9.73 Å². The van der Waals surface area contributed by atoms with Crippen LogP contribution in [0.1, 0.15) is 45.1 Å². The molecule has 1 heterocycles. The zero-order valence-electron chi connectivity index (χ0n) is 18.7. The number of rotatable bonds is 9. The molecule has 0 aliphatic heterocycles. The van der Waals surface area contributed by atoms with Crippen LogP contribution < -0.4 is 15.4 Å². The Balaban J connectivity index is 1.66. The van der Waals surface area contributed by atoms with E-state index >= 15 is 0 Å². The van der Waals surface area contributed by atoms with Crippen molar-refractivity contribution >= 4 is 5.96 Å². The molecule has 0 amide bonds. The van der Waals surface area contributed by atoms with E-state index in [9.17, 15) is 0 Å². The van der Waals surface area contributed by atoms with Gasteiger partial charge in [-0.2, -0.15) is 0 Å². The number of benzene rings is 2. The fourth-order valence-corrected chi connectivity index (χ4v) is 3.04. The van der Waals surface area contributed by atoms with Crippen LogP contribution in [0.4, 0.5) is 0 Å². The maximum absolute atomic E-state index is 5.78. The standard InChI is InChI=1S/C24H32N6O/c1-5-25-24(26-15-23-29-27-17-30(23)21-9-7-6-8-10-21)28-19(4)20-11-13-22(14-12-20)31-16-18(2)3/h6-14,17-19H,5,15-16H2,1-4H3,(H2,25,26,28). The summed E-state index contributed by atoms with van der Waals surface area (Å²) in [5.41, 5.74) is 2.18. The maximum atomic E-state index is 5.78. The lowest BCUT2D eigenvalue weighted by atomic mass is 10.1. The van der Waals surface area contributed by atoms with Crippen LogP contribution in [0.2, 0.25) is 0 Å². The van der Waals surface area contributed by atoms with Crippen LogP contribution in [0.3, 0.4) is 0 Å². The molecule has 0 fully saturated rings. The summed E-state index contributed by atoms with van der Waals surface area (Å²) in [6, 6.07) is 18.3. The molecule has 31 heavy (non-hydrogen) atoms. The molecule has 1 atom stereocenters. The Morgan fingerprint density at radius 3 is 2.48 bits per heavy atom. The summed E-state index contributed by atoms with van der Waals surface area (Å²) in [6.07, 6.45) is 1.71. The van der Waals surface area contributed by atoms with Crippen molar-refractivity contribution in [3.63, 3.8) is 0 Å². The Bertz CT molecular complexity index is 950. The Hall–Kier alpha value is -3.35. The van der Waals surface area contributed by atoms with E-state index in [2.05, 4.69) is 60.7 Å². The van der Waals surface area contributed by atoms with Gasteiger partial charge in [0.2, 0.25) is 0 Å². The normalized spacial score (nSPS) is 12.6. The zero-order valence-corrected chi connectivity index (χ0v) is 18.7. The molecule has 7 nitrogen and oxygen atoms in total. The van der Waals surface area contributed by atoms with E-state index in [-0.39, 0.29) is 6.04 Å². The fraction of sp³-hybridized carbons (Fsp3) is 0.375. The predicted octanol–water partition coefficient (Wildman–Crippen LogP) is 4.12. The molecular weight excluding hydrogens is 388 g/mol. The number of aromatic nitrogens is 3. The van der Waals surface area contributed by atoms with Gasteiger partial charge in [-0.05, 0) is 49.6 Å². The number of hydrogen-bond donors (Lipinski definition) is 2. The van der Waals surface area contributed by atoms with Crippen LogP contribution in [0.5, 0.6) is 5.75 Å². The summed E-state index contributed by atoms with van der Waals surface area (Å²) in [5, 5.41) is 15.1. The van der Waals surface area contributed by atoms with Crippen LogP contribution in [0.15, 0.2) is 65.9 Å². The summed E-state index contributed by atoms with van der Waals surface area (Å²) in [4.78, 5) is 4.72. The highest BCUT2D eigenvalue weighted by Gasteiger charge is 2.10. The molecule has 0 bridgehead atoms. The summed E-state index contributed by atoms with van der Waals surface area (Å²) in [6.45, 7) is 10.4. The highest BCUT2D eigenvalue weighted by molar-refractivity contribution is 5.80. The van der Waals surface area contributed by atoms with Gasteiger partial charge >= 0.3 is 0 Å². The molecule has 3 aromatic rings. The van der Waals surface area contributed by atoms with Crippen molar-refractivity contribution < 1.29 is 4.74 Å². The van der Waals surface area contributed by atoms with Crippen molar-refractivity contribution in [2.75, 3.05) is 13.2 Å². The Morgan fingerprint density at radius 2 is 1.81 bits per heavy atom. The molecular formula is C24H32N6O. The quantitative estimate of drug-likeness (QED) is 0.402. The molecule has 164 valence electrons. The van der Waals surface area contributed by atoms with Crippen molar-refractivity contribution in [1.29, 1.82) is 0 Å². The molecule has 0 radical (unpaired) electrons. The van der Waals surface area contributed by atoms with Crippen molar-refractivity contribution in [2.24, 2.45) is 10.9 Å². The van der Waals surface area contributed by atoms with Gasteiger partial charge in [0, 0.05) is 12.2 Å². The van der Waals surface area contributed by atoms with E-state index in [1.807, 2.05) is 47.0 Å². The van der Waals surface area contributed by atoms with Gasteiger partial charge < -0.3 is 15.4 Å². The number of nitrogens with zero attached hydrogens (tertiary/aromatic N) is 4. The van der Waals surface area contributed by atoms with Crippen LogP contribution >= 0.6 is 0 Å². The van der Waals surface area contributed by atoms with E-state index in [0.717, 1.165) is 41.9 Å². The lowest BCUT2D eigenvalue weighted by Gasteiger charge is -2.18. The molecule has 0 saturated carbocycles. The van der Waals surface area contributed by atoms with Gasteiger partial charge in [-0.1, -0.05) is 44.2 Å². The minimum Gasteiger partial charge on any atom is -0.493 e. The summed E-state index contributed by atoms with van der Waals surface area (Å²) in [7, 11) is 0. The number of para-hydroxylation sites is 1. The van der Waals surface area contributed by atoms with Crippen LogP contribution in [-0.4, -0.2) is 33.9 Å².